The van der Waals surface area contributed by atoms with Gasteiger partial charge in [-0.2, -0.15) is 0 Å². The average molecular weight is 499 g/mol. The van der Waals surface area contributed by atoms with Crippen LogP contribution >= 0.6 is 24.0 Å². The fourth-order valence-corrected chi connectivity index (χ4v) is 2.62. The van der Waals surface area contributed by atoms with Crippen molar-refractivity contribution in [1.82, 2.24) is 10.6 Å². The van der Waals surface area contributed by atoms with E-state index in [1.807, 2.05) is 37.3 Å². The predicted molar refractivity (Wildman–Crippen MR) is 124 cm³/mol. The largest absolute Gasteiger partial charge is 0.493 e. The van der Waals surface area contributed by atoms with E-state index in [0.29, 0.717) is 19.7 Å². The van der Waals surface area contributed by atoms with Crippen LogP contribution in [-0.2, 0) is 17.9 Å². The number of halogens is 1. The molecule has 0 saturated heterocycles. The summed E-state index contributed by atoms with van der Waals surface area (Å²) in [6, 6.07) is 15.9. The van der Waals surface area contributed by atoms with Gasteiger partial charge in [-0.05, 0) is 30.2 Å². The second-order valence-corrected chi connectivity index (χ2v) is 6.14. The molecule has 2 aromatic rings. The summed E-state index contributed by atoms with van der Waals surface area (Å²) in [5.41, 5.74) is 2.32. The molecule has 0 radical (unpaired) electrons. The number of rotatable bonds is 9. The number of para-hydroxylation sites is 2. The minimum atomic E-state index is -0.0510. The highest BCUT2D eigenvalue weighted by Crippen LogP contribution is 2.26. The molecule has 0 saturated carbocycles. The molecule has 0 aliphatic rings. The smallest absolute Gasteiger partial charge is 0.191 e. The lowest BCUT2D eigenvalue weighted by molar-refractivity contribution is 0.185. The summed E-state index contributed by atoms with van der Waals surface area (Å²) in [6.45, 7) is 3.90. The van der Waals surface area contributed by atoms with Crippen molar-refractivity contribution in [3.63, 3.8) is 0 Å². The van der Waals surface area contributed by atoms with Crippen molar-refractivity contribution in [2.24, 2.45) is 4.99 Å². The maximum Gasteiger partial charge on any atom is 0.191 e. The van der Waals surface area contributed by atoms with Crippen LogP contribution in [0.3, 0.4) is 0 Å². The van der Waals surface area contributed by atoms with Crippen molar-refractivity contribution in [2.45, 2.75) is 26.2 Å². The third kappa shape index (κ3) is 7.93. The Bertz CT molecular complexity index is 740. The van der Waals surface area contributed by atoms with Gasteiger partial charge in [0.1, 0.15) is 6.10 Å². The number of hydrogen-bond acceptors (Lipinski definition) is 4. The number of nitrogens with one attached hydrogen (secondary N) is 2. The zero-order chi connectivity index (χ0) is 19.5. The van der Waals surface area contributed by atoms with Gasteiger partial charge in [-0.15, -0.1) is 24.0 Å². The highest BCUT2D eigenvalue weighted by molar-refractivity contribution is 14.0. The molecule has 28 heavy (non-hydrogen) atoms. The first-order valence-corrected chi connectivity index (χ1v) is 8.97. The highest BCUT2D eigenvalue weighted by Gasteiger charge is 2.09. The van der Waals surface area contributed by atoms with Crippen LogP contribution in [0.25, 0.3) is 0 Å². The maximum atomic E-state index is 5.95. The number of hydrogen-bond donors (Lipinski definition) is 2. The van der Waals surface area contributed by atoms with E-state index in [1.165, 1.54) is 5.56 Å². The SMILES string of the molecule is CN=C(NCc1cccc(COC)c1)NCC(C)Oc1ccccc1OC.I. The van der Waals surface area contributed by atoms with Gasteiger partial charge in [0.25, 0.3) is 0 Å². The van der Waals surface area contributed by atoms with Crippen molar-refractivity contribution in [2.75, 3.05) is 27.8 Å². The summed E-state index contributed by atoms with van der Waals surface area (Å²) in [7, 11) is 5.09. The Labute approximate surface area is 184 Å². The van der Waals surface area contributed by atoms with Gasteiger partial charge in [-0.25, -0.2) is 0 Å². The lowest BCUT2D eigenvalue weighted by atomic mass is 10.1. The molecule has 2 aromatic carbocycles. The summed E-state index contributed by atoms with van der Waals surface area (Å²) in [6.07, 6.45) is -0.0510. The zero-order valence-corrected chi connectivity index (χ0v) is 19.2. The third-order valence-corrected chi connectivity index (χ3v) is 3.94. The highest BCUT2D eigenvalue weighted by atomic mass is 127. The Morgan fingerprint density at radius 3 is 2.39 bits per heavy atom. The monoisotopic (exact) mass is 499 g/mol. The minimum Gasteiger partial charge on any atom is -0.493 e. The Morgan fingerprint density at radius 2 is 1.71 bits per heavy atom. The van der Waals surface area contributed by atoms with Crippen molar-refractivity contribution in [1.29, 1.82) is 0 Å². The zero-order valence-electron chi connectivity index (χ0n) is 16.9. The second-order valence-electron chi connectivity index (χ2n) is 6.14. The molecule has 7 heteroatoms. The number of benzene rings is 2. The first kappa shape index (κ1) is 24.0. The van der Waals surface area contributed by atoms with Crippen molar-refractivity contribution >= 4 is 29.9 Å². The van der Waals surface area contributed by atoms with Crippen LogP contribution in [0.2, 0.25) is 0 Å². The Morgan fingerprint density at radius 1 is 1.00 bits per heavy atom. The van der Waals surface area contributed by atoms with Crippen molar-refractivity contribution in [3.8, 4) is 11.5 Å². The Hall–Kier alpha value is -2.00. The van der Waals surface area contributed by atoms with Crippen LogP contribution in [0.15, 0.2) is 53.5 Å². The minimum absolute atomic E-state index is 0. The number of aliphatic imine (C=N–C) groups is 1. The van der Waals surface area contributed by atoms with Gasteiger partial charge in [0.05, 0.1) is 20.3 Å². The number of guanidine groups is 1. The Balaban J connectivity index is 0.00000392. The summed E-state index contributed by atoms with van der Waals surface area (Å²) in [5, 5.41) is 6.60. The molecule has 1 unspecified atom stereocenters. The van der Waals surface area contributed by atoms with E-state index in [-0.39, 0.29) is 30.1 Å². The molecule has 0 bridgehead atoms. The van der Waals surface area contributed by atoms with E-state index >= 15 is 0 Å². The second kappa shape index (κ2) is 13.2. The molecule has 1 atom stereocenters. The van der Waals surface area contributed by atoms with E-state index in [2.05, 4.69) is 33.8 Å². The summed E-state index contributed by atoms with van der Waals surface area (Å²) < 4.78 is 16.5. The fraction of sp³-hybridized carbons (Fsp3) is 0.381. The van der Waals surface area contributed by atoms with Crippen LogP contribution in [-0.4, -0.2) is 39.9 Å². The van der Waals surface area contributed by atoms with Gasteiger partial charge >= 0.3 is 0 Å². The van der Waals surface area contributed by atoms with Gasteiger partial charge in [0.2, 0.25) is 0 Å². The van der Waals surface area contributed by atoms with E-state index in [4.69, 9.17) is 14.2 Å². The fourth-order valence-electron chi connectivity index (χ4n) is 2.62. The molecule has 0 fully saturated rings. The van der Waals surface area contributed by atoms with Crippen LogP contribution < -0.4 is 20.1 Å². The quantitative estimate of drug-likeness (QED) is 0.314. The molecule has 6 nitrogen and oxygen atoms in total. The third-order valence-electron chi connectivity index (χ3n) is 3.94. The molecular weight excluding hydrogens is 469 g/mol. The molecule has 0 spiro atoms. The van der Waals surface area contributed by atoms with Gasteiger partial charge < -0.3 is 24.8 Å². The average Bonchev–Trinajstić information content (AvgIpc) is 2.69. The van der Waals surface area contributed by atoms with Crippen molar-refractivity contribution in [3.05, 3.63) is 59.7 Å². The topological polar surface area (TPSA) is 64.1 Å². The van der Waals surface area contributed by atoms with Gasteiger partial charge in [0, 0.05) is 20.7 Å². The molecule has 0 aliphatic carbocycles. The van der Waals surface area contributed by atoms with Crippen molar-refractivity contribution < 1.29 is 14.2 Å². The van der Waals surface area contributed by atoms with Gasteiger partial charge in [0.15, 0.2) is 17.5 Å². The standard InChI is InChI=1S/C21H29N3O3.HI/c1-16(27-20-11-6-5-10-19(20)26-4)13-23-21(22-2)24-14-17-8-7-9-18(12-17)15-25-3;/h5-12,16H,13-15H2,1-4H3,(H2,22,23,24);1H. The van der Waals surface area contributed by atoms with Gasteiger partial charge in [-0.3, -0.25) is 4.99 Å². The molecule has 2 rings (SSSR count). The summed E-state index contributed by atoms with van der Waals surface area (Å²) in [4.78, 5) is 4.26. The molecule has 154 valence electrons. The van der Waals surface area contributed by atoms with E-state index in [0.717, 1.165) is 23.0 Å². The summed E-state index contributed by atoms with van der Waals surface area (Å²) >= 11 is 0. The molecule has 0 aliphatic heterocycles. The molecule has 0 amide bonds. The number of methoxy groups -OCH3 is 2. The first-order valence-electron chi connectivity index (χ1n) is 8.97. The summed E-state index contributed by atoms with van der Waals surface area (Å²) in [5.74, 6) is 2.18. The van der Waals surface area contributed by atoms with Crippen LogP contribution in [0.4, 0.5) is 0 Å². The molecule has 0 aromatic heterocycles. The molecule has 0 heterocycles. The lowest BCUT2D eigenvalue weighted by Gasteiger charge is -2.19. The predicted octanol–water partition coefficient (Wildman–Crippen LogP) is 3.59. The van der Waals surface area contributed by atoms with E-state index < -0.39 is 0 Å². The van der Waals surface area contributed by atoms with E-state index in [9.17, 15) is 0 Å². The van der Waals surface area contributed by atoms with Gasteiger partial charge in [-0.1, -0.05) is 36.4 Å². The Kier molecular flexibility index (Phi) is 11.4. The maximum absolute atomic E-state index is 5.95. The van der Waals surface area contributed by atoms with Crippen LogP contribution in [0.5, 0.6) is 11.5 Å². The molecular formula is C21H30IN3O3. The normalized spacial score (nSPS) is 11.9. The number of nitrogens with zero attached hydrogens (tertiary/aromatic N) is 1. The molecule has 2 N–H and O–H groups in total. The van der Waals surface area contributed by atoms with Crippen LogP contribution in [0.1, 0.15) is 18.1 Å². The number of ether oxygens (including phenoxy) is 3. The first-order chi connectivity index (χ1) is 13.2. The lowest BCUT2D eigenvalue weighted by Crippen LogP contribution is -2.41. The van der Waals surface area contributed by atoms with Crippen LogP contribution in [0, 0.1) is 0 Å². The van der Waals surface area contributed by atoms with E-state index in [1.54, 1.807) is 21.3 Å².